The van der Waals surface area contributed by atoms with E-state index in [2.05, 4.69) is 68.1 Å². The third kappa shape index (κ3) is 9.01. The number of sulfone groups is 1. The maximum Gasteiger partial charge on any atom is 0.191 e. The fraction of sp³-hybridized carbons (Fsp3) is 0.765. The van der Waals surface area contributed by atoms with Gasteiger partial charge in [-0.05, 0) is 72.9 Å². The Morgan fingerprint density at radius 3 is 2.37 bits per heavy atom. The molecule has 0 amide bonds. The topological polar surface area (TPSA) is 61.8 Å². The zero-order chi connectivity index (χ0) is 30.6. The highest BCUT2D eigenvalue weighted by Gasteiger charge is 2.46. The van der Waals surface area contributed by atoms with Gasteiger partial charge in [0.25, 0.3) is 0 Å². The van der Waals surface area contributed by atoms with Crippen molar-refractivity contribution in [3.63, 3.8) is 0 Å². The quantitative estimate of drug-likeness (QED) is 0.167. The molecule has 0 aromatic heterocycles. The summed E-state index contributed by atoms with van der Waals surface area (Å²) in [6.45, 7) is 25.4. The Morgan fingerprint density at radius 2 is 1.76 bits per heavy atom. The predicted molar refractivity (Wildman–Crippen MR) is 172 cm³/mol. The Hall–Kier alpha value is -0.993. The lowest BCUT2D eigenvalue weighted by atomic mass is 9.81. The number of unbranched alkanes of at least 4 members (excludes halogenated alkanes) is 1. The molecule has 2 saturated heterocycles. The van der Waals surface area contributed by atoms with Crippen LogP contribution in [0.3, 0.4) is 0 Å². The molecule has 0 bridgehead atoms. The van der Waals surface area contributed by atoms with Gasteiger partial charge in [-0.25, -0.2) is 8.42 Å². The lowest BCUT2D eigenvalue weighted by Crippen LogP contribution is -2.42. The summed E-state index contributed by atoms with van der Waals surface area (Å²) in [6, 6.07) is 8.85. The molecule has 0 saturated carbocycles. The second-order valence-corrected chi connectivity index (χ2v) is 21.4. The first-order valence-electron chi connectivity index (χ1n) is 16.0. The second kappa shape index (κ2) is 14.2. The van der Waals surface area contributed by atoms with Crippen molar-refractivity contribution < 1.29 is 22.3 Å². The first-order chi connectivity index (χ1) is 19.1. The largest absolute Gasteiger partial charge is 0.417 e. The van der Waals surface area contributed by atoms with E-state index in [0.717, 1.165) is 37.7 Å². The number of hydrogen-bond donors (Lipinski definition) is 0. The highest BCUT2D eigenvalue weighted by atomic mass is 32.2. The van der Waals surface area contributed by atoms with E-state index in [0.29, 0.717) is 29.8 Å². The van der Waals surface area contributed by atoms with Crippen molar-refractivity contribution in [3.8, 4) is 0 Å². The monoisotopic (exact) mass is 606 g/mol. The Bertz CT molecular complexity index is 1080. The van der Waals surface area contributed by atoms with Gasteiger partial charge >= 0.3 is 0 Å². The van der Waals surface area contributed by atoms with Gasteiger partial charge in [0.1, 0.15) is 0 Å². The normalized spacial score (nSPS) is 30.5. The molecule has 0 radical (unpaired) electrons. The van der Waals surface area contributed by atoms with Gasteiger partial charge in [0.2, 0.25) is 0 Å². The van der Waals surface area contributed by atoms with Gasteiger partial charge in [0.05, 0.1) is 35.1 Å². The SMILES string of the molecule is C=C1[C@H](C)C[C@H](CCCC)O[C@@H]1CC1O[C@H](C[C@H](C)CO[Si](C)(C)C(C)(C)C)[C@H](C)C1CS(=O)(=O)c1ccccc1. The van der Waals surface area contributed by atoms with Crippen molar-refractivity contribution in [1.29, 1.82) is 0 Å². The van der Waals surface area contributed by atoms with Gasteiger partial charge in [-0.3, -0.25) is 0 Å². The van der Waals surface area contributed by atoms with Crippen molar-refractivity contribution in [3.05, 3.63) is 42.5 Å². The van der Waals surface area contributed by atoms with E-state index in [1.165, 1.54) is 0 Å². The Kier molecular flexibility index (Phi) is 11.9. The van der Waals surface area contributed by atoms with Crippen molar-refractivity contribution in [1.82, 2.24) is 0 Å². The lowest BCUT2D eigenvalue weighted by molar-refractivity contribution is -0.0704. The zero-order valence-corrected chi connectivity index (χ0v) is 29.1. The Labute approximate surface area is 252 Å². The molecule has 0 aliphatic carbocycles. The van der Waals surface area contributed by atoms with E-state index in [1.54, 1.807) is 24.3 Å². The van der Waals surface area contributed by atoms with Gasteiger partial charge in [0, 0.05) is 18.9 Å². The summed E-state index contributed by atoms with van der Waals surface area (Å²) < 4.78 is 47.1. The lowest BCUT2D eigenvalue weighted by Gasteiger charge is -2.38. The van der Waals surface area contributed by atoms with Crippen LogP contribution in [0.25, 0.3) is 0 Å². The van der Waals surface area contributed by atoms with Crippen molar-refractivity contribution in [2.75, 3.05) is 12.4 Å². The summed E-state index contributed by atoms with van der Waals surface area (Å²) in [7, 11) is -5.30. The molecule has 8 atom stereocenters. The second-order valence-electron chi connectivity index (χ2n) is 14.6. The number of ether oxygens (including phenoxy) is 2. The van der Waals surface area contributed by atoms with E-state index in [-0.39, 0.29) is 47.0 Å². The molecule has 2 unspecified atom stereocenters. The summed E-state index contributed by atoms with van der Waals surface area (Å²) in [6.07, 6.45) is 5.83. The van der Waals surface area contributed by atoms with Gasteiger partial charge < -0.3 is 13.9 Å². The van der Waals surface area contributed by atoms with Crippen LogP contribution >= 0.6 is 0 Å². The van der Waals surface area contributed by atoms with Crippen LogP contribution in [-0.2, 0) is 23.7 Å². The van der Waals surface area contributed by atoms with Gasteiger partial charge in [-0.1, -0.05) is 86.1 Å². The highest BCUT2D eigenvalue weighted by molar-refractivity contribution is 7.91. The van der Waals surface area contributed by atoms with E-state index in [1.807, 2.05) is 6.07 Å². The molecule has 7 heteroatoms. The van der Waals surface area contributed by atoms with Crippen LogP contribution in [0.1, 0.15) is 87.0 Å². The molecule has 1 aromatic carbocycles. The molecule has 3 rings (SSSR count). The summed E-state index contributed by atoms with van der Waals surface area (Å²) in [5.74, 6) is 0.799. The van der Waals surface area contributed by atoms with E-state index >= 15 is 0 Å². The minimum atomic E-state index is -3.46. The molecular weight excluding hydrogens is 549 g/mol. The zero-order valence-electron chi connectivity index (χ0n) is 27.3. The molecule has 2 fully saturated rings. The van der Waals surface area contributed by atoms with Crippen molar-refractivity contribution in [2.24, 2.45) is 23.7 Å². The fourth-order valence-electron chi connectivity index (χ4n) is 6.11. The van der Waals surface area contributed by atoms with Crippen LogP contribution in [-0.4, -0.2) is 53.5 Å². The van der Waals surface area contributed by atoms with Crippen LogP contribution in [0, 0.1) is 23.7 Å². The molecule has 2 aliphatic rings. The predicted octanol–water partition coefficient (Wildman–Crippen LogP) is 8.46. The fourth-order valence-corrected chi connectivity index (χ4v) is 9.03. The summed E-state index contributed by atoms with van der Waals surface area (Å²) in [5, 5.41) is 0.167. The molecular formula is C34H58O5SSi. The van der Waals surface area contributed by atoms with E-state index < -0.39 is 18.2 Å². The molecule has 0 N–H and O–H groups in total. The number of hydrogen-bond acceptors (Lipinski definition) is 5. The van der Waals surface area contributed by atoms with Crippen LogP contribution in [0.15, 0.2) is 47.4 Å². The smallest absolute Gasteiger partial charge is 0.191 e. The average Bonchev–Trinajstić information content (AvgIpc) is 3.17. The van der Waals surface area contributed by atoms with Crippen molar-refractivity contribution >= 4 is 18.2 Å². The molecule has 1 aromatic rings. The van der Waals surface area contributed by atoms with Crippen LogP contribution in [0.2, 0.25) is 18.1 Å². The Balaban J connectivity index is 1.78. The average molecular weight is 607 g/mol. The minimum Gasteiger partial charge on any atom is -0.417 e. The maximum atomic E-state index is 13.6. The molecule has 234 valence electrons. The summed E-state index contributed by atoms with van der Waals surface area (Å²) in [5.41, 5.74) is 1.12. The van der Waals surface area contributed by atoms with Gasteiger partial charge in [0.15, 0.2) is 18.2 Å². The first-order valence-corrected chi connectivity index (χ1v) is 20.5. The molecule has 0 spiro atoms. The summed E-state index contributed by atoms with van der Waals surface area (Å²) >= 11 is 0. The molecule has 2 heterocycles. The van der Waals surface area contributed by atoms with Crippen LogP contribution in [0.5, 0.6) is 0 Å². The van der Waals surface area contributed by atoms with E-state index in [9.17, 15) is 8.42 Å². The highest BCUT2D eigenvalue weighted by Crippen LogP contribution is 2.43. The molecule has 41 heavy (non-hydrogen) atoms. The van der Waals surface area contributed by atoms with Gasteiger partial charge in [-0.15, -0.1) is 0 Å². The summed E-state index contributed by atoms with van der Waals surface area (Å²) in [4.78, 5) is 0.386. The number of benzene rings is 1. The third-order valence-electron chi connectivity index (χ3n) is 10.1. The Morgan fingerprint density at radius 1 is 1.10 bits per heavy atom. The maximum absolute atomic E-state index is 13.6. The third-order valence-corrected chi connectivity index (χ3v) is 16.4. The van der Waals surface area contributed by atoms with Crippen LogP contribution in [0.4, 0.5) is 0 Å². The van der Waals surface area contributed by atoms with Crippen molar-refractivity contribution in [2.45, 2.75) is 134 Å². The first kappa shape index (κ1) is 34.5. The molecule has 5 nitrogen and oxygen atoms in total. The molecule has 2 aliphatic heterocycles. The standard InChI is InChI=1S/C34H58O5SSi/c1-11-12-16-28-20-25(3)26(4)32(38-28)21-33-30(23-40(35,36)29-17-14-13-15-18-29)27(5)31(39-33)19-24(2)22-37-41(9,10)34(6,7)8/h13-15,17-18,24-25,27-28,30-33H,4,11-12,16,19-23H2,1-3,5-10H3/t24-,25+,27+,28-,30?,31+,32+,33?/m0/s1. The number of rotatable bonds is 13. The van der Waals surface area contributed by atoms with Gasteiger partial charge in [-0.2, -0.15) is 0 Å². The minimum absolute atomic E-state index is 0.0147. The van der Waals surface area contributed by atoms with Crippen LogP contribution < -0.4 is 0 Å². The van der Waals surface area contributed by atoms with E-state index in [4.69, 9.17) is 13.9 Å².